The quantitative estimate of drug-likeness (QED) is 0.908. The molecule has 1 aromatic carbocycles. The van der Waals surface area contributed by atoms with E-state index in [1.165, 1.54) is 0 Å². The van der Waals surface area contributed by atoms with Crippen LogP contribution in [0.15, 0.2) is 18.2 Å². The summed E-state index contributed by atoms with van der Waals surface area (Å²) >= 11 is 0. The average molecular weight is 315 g/mol. The fraction of sp³-hybridized carbons (Fsp3) is 0.467. The predicted octanol–water partition coefficient (Wildman–Crippen LogP) is 0.986. The van der Waals surface area contributed by atoms with Crippen LogP contribution in [0.5, 0.6) is 11.5 Å². The van der Waals surface area contributed by atoms with Gasteiger partial charge in [0, 0.05) is 13.1 Å². The molecule has 1 amide bonds. The summed E-state index contributed by atoms with van der Waals surface area (Å²) in [6.45, 7) is 1.46. The number of hydrogen-bond acceptors (Lipinski definition) is 6. The van der Waals surface area contributed by atoms with Gasteiger partial charge >= 0.3 is 0 Å². The molecule has 4 rings (SSSR count). The summed E-state index contributed by atoms with van der Waals surface area (Å²) in [6, 6.07) is 5.67. The Morgan fingerprint density at radius 3 is 3.17 bits per heavy atom. The monoisotopic (exact) mass is 315 g/mol. The summed E-state index contributed by atoms with van der Waals surface area (Å²) in [7, 11) is 0. The van der Waals surface area contributed by atoms with Crippen molar-refractivity contribution in [2.24, 2.45) is 0 Å². The highest BCUT2D eigenvalue weighted by Crippen LogP contribution is 2.32. The molecule has 0 bridgehead atoms. The highest BCUT2D eigenvalue weighted by molar-refractivity contribution is 5.82. The molecule has 2 aromatic rings. The van der Waals surface area contributed by atoms with Crippen LogP contribution >= 0.6 is 0 Å². The third-order valence-corrected chi connectivity index (χ3v) is 4.20. The van der Waals surface area contributed by atoms with Crippen LogP contribution in [0.1, 0.15) is 36.6 Å². The second-order valence-corrected chi connectivity index (χ2v) is 5.71. The molecule has 0 spiro atoms. The van der Waals surface area contributed by atoms with Crippen LogP contribution in [-0.2, 0) is 17.9 Å². The lowest BCUT2D eigenvalue weighted by atomic mass is 10.0. The predicted molar refractivity (Wildman–Crippen MR) is 78.8 cm³/mol. The average Bonchev–Trinajstić information content (AvgIpc) is 3.17. The van der Waals surface area contributed by atoms with Gasteiger partial charge in [-0.15, -0.1) is 5.10 Å². The third-order valence-electron chi connectivity index (χ3n) is 4.20. The Hall–Kier alpha value is -2.64. The fourth-order valence-corrected chi connectivity index (χ4v) is 2.97. The van der Waals surface area contributed by atoms with Crippen LogP contribution in [0, 0.1) is 0 Å². The molecule has 3 heterocycles. The smallest absolute Gasteiger partial charge is 0.231 e. The van der Waals surface area contributed by atoms with E-state index < -0.39 is 0 Å². The van der Waals surface area contributed by atoms with Gasteiger partial charge in [-0.3, -0.25) is 4.79 Å². The Morgan fingerprint density at radius 1 is 1.30 bits per heavy atom. The number of amides is 1. The van der Waals surface area contributed by atoms with Crippen molar-refractivity contribution in [3.8, 4) is 11.5 Å². The van der Waals surface area contributed by atoms with Gasteiger partial charge in [0.1, 0.15) is 0 Å². The largest absolute Gasteiger partial charge is 0.454 e. The molecule has 0 saturated carbocycles. The van der Waals surface area contributed by atoms with Gasteiger partial charge in [-0.05, 0) is 41.0 Å². The van der Waals surface area contributed by atoms with E-state index in [2.05, 4.69) is 20.8 Å². The standard InChI is InChI=1S/C15H17N5O3/c21-15(11-3-1-2-6-20-14(11)17-18-19-20)16-8-10-4-5-12-13(7-10)23-9-22-12/h4-5,7,11H,1-3,6,8-9H2,(H,16,21)/t11-/m0/s1. The van der Waals surface area contributed by atoms with E-state index in [1.54, 1.807) is 4.68 Å². The number of carbonyl (C=O) groups is 1. The van der Waals surface area contributed by atoms with E-state index in [0.29, 0.717) is 12.4 Å². The maximum atomic E-state index is 12.5. The zero-order chi connectivity index (χ0) is 15.6. The zero-order valence-electron chi connectivity index (χ0n) is 12.6. The molecular formula is C15H17N5O3. The molecule has 2 aliphatic heterocycles. The fourth-order valence-electron chi connectivity index (χ4n) is 2.97. The third kappa shape index (κ3) is 2.71. The van der Waals surface area contributed by atoms with Crippen molar-refractivity contribution < 1.29 is 14.3 Å². The zero-order valence-corrected chi connectivity index (χ0v) is 12.6. The maximum absolute atomic E-state index is 12.5. The van der Waals surface area contributed by atoms with E-state index in [1.807, 2.05) is 18.2 Å². The minimum atomic E-state index is -0.290. The van der Waals surface area contributed by atoms with Gasteiger partial charge in [-0.2, -0.15) is 0 Å². The molecule has 2 aliphatic rings. The van der Waals surface area contributed by atoms with Gasteiger partial charge in [0.05, 0.1) is 5.92 Å². The lowest BCUT2D eigenvalue weighted by Gasteiger charge is -2.13. The van der Waals surface area contributed by atoms with Crippen LogP contribution in [0.25, 0.3) is 0 Å². The minimum absolute atomic E-state index is 0.0411. The van der Waals surface area contributed by atoms with Gasteiger partial charge in [0.2, 0.25) is 12.7 Å². The molecule has 8 heteroatoms. The van der Waals surface area contributed by atoms with Crippen molar-refractivity contribution >= 4 is 5.91 Å². The first-order valence-electron chi connectivity index (χ1n) is 7.73. The number of fused-ring (bicyclic) bond motifs is 2. The number of aromatic nitrogens is 4. The Labute approximate surface area is 132 Å². The number of carbonyl (C=O) groups excluding carboxylic acids is 1. The second kappa shape index (κ2) is 5.86. The first-order chi connectivity index (χ1) is 11.3. The lowest BCUT2D eigenvalue weighted by molar-refractivity contribution is -0.123. The van der Waals surface area contributed by atoms with Crippen molar-refractivity contribution in [2.45, 2.75) is 38.3 Å². The van der Waals surface area contributed by atoms with E-state index in [0.717, 1.165) is 42.9 Å². The van der Waals surface area contributed by atoms with Gasteiger partial charge < -0.3 is 14.8 Å². The van der Waals surface area contributed by atoms with Gasteiger partial charge in [0.15, 0.2) is 17.3 Å². The lowest BCUT2D eigenvalue weighted by Crippen LogP contribution is -2.30. The number of aryl methyl sites for hydroxylation is 1. The van der Waals surface area contributed by atoms with E-state index in [9.17, 15) is 4.79 Å². The van der Waals surface area contributed by atoms with Crippen LogP contribution in [0.2, 0.25) is 0 Å². The van der Waals surface area contributed by atoms with Crippen molar-refractivity contribution in [3.05, 3.63) is 29.6 Å². The van der Waals surface area contributed by atoms with Crippen molar-refractivity contribution in [3.63, 3.8) is 0 Å². The SMILES string of the molecule is O=C(NCc1ccc2c(c1)OCO2)[C@H]1CCCCn2nnnc21. The van der Waals surface area contributed by atoms with Crippen molar-refractivity contribution in [2.75, 3.05) is 6.79 Å². The highest BCUT2D eigenvalue weighted by Gasteiger charge is 2.28. The molecule has 0 saturated heterocycles. The number of hydrogen-bond donors (Lipinski definition) is 1. The van der Waals surface area contributed by atoms with Gasteiger partial charge in [-0.1, -0.05) is 12.5 Å². The first-order valence-corrected chi connectivity index (χ1v) is 7.73. The maximum Gasteiger partial charge on any atom is 0.231 e. The Balaban J connectivity index is 1.44. The molecule has 0 fully saturated rings. The second-order valence-electron chi connectivity index (χ2n) is 5.71. The molecule has 1 aromatic heterocycles. The molecule has 23 heavy (non-hydrogen) atoms. The minimum Gasteiger partial charge on any atom is -0.454 e. The highest BCUT2D eigenvalue weighted by atomic mass is 16.7. The molecule has 1 atom stereocenters. The van der Waals surface area contributed by atoms with E-state index in [-0.39, 0.29) is 18.6 Å². The summed E-state index contributed by atoms with van der Waals surface area (Å²) < 4.78 is 12.4. The van der Waals surface area contributed by atoms with Crippen molar-refractivity contribution in [1.29, 1.82) is 0 Å². The number of tetrazole rings is 1. The number of benzene rings is 1. The molecule has 0 unspecified atom stereocenters. The topological polar surface area (TPSA) is 91.2 Å². The molecule has 0 radical (unpaired) electrons. The number of nitrogens with one attached hydrogen (secondary N) is 1. The van der Waals surface area contributed by atoms with Crippen LogP contribution in [-0.4, -0.2) is 32.9 Å². The molecular weight excluding hydrogens is 298 g/mol. The van der Waals surface area contributed by atoms with Gasteiger partial charge in [0.25, 0.3) is 0 Å². The van der Waals surface area contributed by atoms with E-state index >= 15 is 0 Å². The number of ether oxygens (including phenoxy) is 2. The first kappa shape index (κ1) is 14.0. The number of nitrogens with zero attached hydrogens (tertiary/aromatic N) is 4. The summed E-state index contributed by atoms with van der Waals surface area (Å²) in [4.78, 5) is 12.5. The Bertz CT molecular complexity index is 730. The molecule has 120 valence electrons. The van der Waals surface area contributed by atoms with Crippen molar-refractivity contribution in [1.82, 2.24) is 25.5 Å². The Kier molecular flexibility index (Phi) is 3.57. The Morgan fingerprint density at radius 2 is 2.22 bits per heavy atom. The summed E-state index contributed by atoms with van der Waals surface area (Å²) in [5, 5.41) is 14.6. The summed E-state index contributed by atoms with van der Waals surface area (Å²) in [5.74, 6) is 1.78. The molecule has 8 nitrogen and oxygen atoms in total. The number of rotatable bonds is 3. The summed E-state index contributed by atoms with van der Waals surface area (Å²) in [5.41, 5.74) is 0.968. The van der Waals surface area contributed by atoms with Crippen LogP contribution in [0.4, 0.5) is 0 Å². The van der Waals surface area contributed by atoms with Gasteiger partial charge in [-0.25, -0.2) is 4.68 Å². The summed E-state index contributed by atoms with van der Waals surface area (Å²) in [6.07, 6.45) is 2.74. The molecule has 1 N–H and O–H groups in total. The van der Waals surface area contributed by atoms with Crippen LogP contribution < -0.4 is 14.8 Å². The normalized spacial score (nSPS) is 19.0. The molecule has 0 aliphatic carbocycles. The van der Waals surface area contributed by atoms with E-state index in [4.69, 9.17) is 9.47 Å². The van der Waals surface area contributed by atoms with Crippen LogP contribution in [0.3, 0.4) is 0 Å².